The Balaban J connectivity index is 1.76. The van der Waals surface area contributed by atoms with Gasteiger partial charge in [0.2, 0.25) is 0 Å². The molecular formula is C17H26N6O. The summed E-state index contributed by atoms with van der Waals surface area (Å²) >= 11 is 0. The van der Waals surface area contributed by atoms with Crippen LogP contribution in [0.3, 0.4) is 0 Å². The quantitative estimate of drug-likeness (QED) is 0.834. The molecule has 0 spiro atoms. The standard InChI is InChI=1S/C17H26N6O/c1-4-7-23-12-14(11-19-23)17(24)22-10-9-21(5-2)15(13-22)16-18-6-8-20(16)3/h6,8,11-12,15H,4-5,7,9-10,13H2,1-3H3/t15-/m1/s1. The number of carbonyl (C=O) groups is 1. The number of rotatable bonds is 5. The van der Waals surface area contributed by atoms with Crippen LogP contribution in [0.1, 0.15) is 42.5 Å². The van der Waals surface area contributed by atoms with Crippen LogP contribution in [0.4, 0.5) is 0 Å². The van der Waals surface area contributed by atoms with Crippen LogP contribution in [-0.4, -0.2) is 61.2 Å². The molecule has 7 nitrogen and oxygen atoms in total. The molecule has 7 heteroatoms. The fraction of sp³-hybridized carbons (Fsp3) is 0.588. The van der Waals surface area contributed by atoms with Gasteiger partial charge in [-0.15, -0.1) is 0 Å². The molecular weight excluding hydrogens is 304 g/mol. The lowest BCUT2D eigenvalue weighted by molar-refractivity contribution is 0.0472. The van der Waals surface area contributed by atoms with Crippen molar-refractivity contribution in [3.05, 3.63) is 36.2 Å². The van der Waals surface area contributed by atoms with Gasteiger partial charge in [-0.25, -0.2) is 4.98 Å². The lowest BCUT2D eigenvalue weighted by Gasteiger charge is -2.40. The molecule has 1 amide bonds. The highest BCUT2D eigenvalue weighted by Crippen LogP contribution is 2.24. The molecule has 130 valence electrons. The monoisotopic (exact) mass is 330 g/mol. The second kappa shape index (κ2) is 7.17. The topological polar surface area (TPSA) is 59.2 Å². The summed E-state index contributed by atoms with van der Waals surface area (Å²) in [7, 11) is 2.01. The normalized spacial score (nSPS) is 19.0. The van der Waals surface area contributed by atoms with Gasteiger partial charge < -0.3 is 9.47 Å². The van der Waals surface area contributed by atoms with Crippen LogP contribution in [0.15, 0.2) is 24.8 Å². The van der Waals surface area contributed by atoms with E-state index in [1.807, 2.05) is 39.8 Å². The van der Waals surface area contributed by atoms with E-state index in [4.69, 9.17) is 0 Å². The summed E-state index contributed by atoms with van der Waals surface area (Å²) in [5.41, 5.74) is 0.673. The molecule has 2 aromatic rings. The van der Waals surface area contributed by atoms with Crippen LogP contribution in [0, 0.1) is 0 Å². The Morgan fingerprint density at radius 3 is 2.83 bits per heavy atom. The lowest BCUT2D eigenvalue weighted by Crippen LogP contribution is -2.50. The molecule has 0 aromatic carbocycles. The molecule has 0 unspecified atom stereocenters. The van der Waals surface area contributed by atoms with E-state index < -0.39 is 0 Å². The van der Waals surface area contributed by atoms with Crippen LogP contribution < -0.4 is 0 Å². The van der Waals surface area contributed by atoms with E-state index in [-0.39, 0.29) is 11.9 Å². The van der Waals surface area contributed by atoms with E-state index in [0.29, 0.717) is 12.1 Å². The van der Waals surface area contributed by atoms with E-state index in [9.17, 15) is 4.79 Å². The molecule has 1 atom stereocenters. The summed E-state index contributed by atoms with van der Waals surface area (Å²) in [6, 6.07) is 0.137. The van der Waals surface area contributed by atoms with Gasteiger partial charge in [-0.2, -0.15) is 5.10 Å². The number of nitrogens with zero attached hydrogens (tertiary/aromatic N) is 6. The van der Waals surface area contributed by atoms with Crippen molar-refractivity contribution < 1.29 is 4.79 Å². The SMILES string of the molecule is CCCn1cc(C(=O)N2CCN(CC)[C@@H](c3nccn3C)C2)cn1. The Hall–Kier alpha value is -2.15. The molecule has 24 heavy (non-hydrogen) atoms. The third-order valence-corrected chi connectivity index (χ3v) is 4.67. The first-order chi connectivity index (χ1) is 11.6. The van der Waals surface area contributed by atoms with Gasteiger partial charge in [-0.1, -0.05) is 13.8 Å². The zero-order valence-corrected chi connectivity index (χ0v) is 14.7. The van der Waals surface area contributed by atoms with Gasteiger partial charge in [0.05, 0.1) is 17.8 Å². The Bertz CT molecular complexity index is 691. The van der Waals surface area contributed by atoms with E-state index >= 15 is 0 Å². The van der Waals surface area contributed by atoms with E-state index in [2.05, 4.69) is 28.8 Å². The van der Waals surface area contributed by atoms with E-state index in [1.54, 1.807) is 6.20 Å². The average Bonchev–Trinajstić information content (AvgIpc) is 3.23. The van der Waals surface area contributed by atoms with Crippen LogP contribution in [0.2, 0.25) is 0 Å². The minimum Gasteiger partial charge on any atom is -0.337 e. The van der Waals surface area contributed by atoms with Crippen molar-refractivity contribution in [3.8, 4) is 0 Å². The number of aromatic nitrogens is 4. The van der Waals surface area contributed by atoms with Crippen LogP contribution in [0.5, 0.6) is 0 Å². The number of hydrogen-bond acceptors (Lipinski definition) is 4. The zero-order valence-electron chi connectivity index (χ0n) is 14.7. The van der Waals surface area contributed by atoms with Crippen LogP contribution in [-0.2, 0) is 13.6 Å². The highest BCUT2D eigenvalue weighted by molar-refractivity contribution is 5.93. The van der Waals surface area contributed by atoms with Crippen molar-refractivity contribution in [1.29, 1.82) is 0 Å². The first-order valence-electron chi connectivity index (χ1n) is 8.67. The van der Waals surface area contributed by atoms with Crippen molar-refractivity contribution in [1.82, 2.24) is 29.1 Å². The van der Waals surface area contributed by atoms with E-state index in [0.717, 1.165) is 38.4 Å². The Morgan fingerprint density at radius 2 is 2.17 bits per heavy atom. The van der Waals surface area contributed by atoms with Gasteiger partial charge in [0, 0.05) is 51.8 Å². The molecule has 0 N–H and O–H groups in total. The summed E-state index contributed by atoms with van der Waals surface area (Å²) in [4.78, 5) is 21.6. The van der Waals surface area contributed by atoms with Crippen molar-refractivity contribution in [2.75, 3.05) is 26.2 Å². The van der Waals surface area contributed by atoms with E-state index in [1.165, 1.54) is 0 Å². The maximum atomic E-state index is 12.8. The van der Waals surface area contributed by atoms with Gasteiger partial charge in [-0.3, -0.25) is 14.4 Å². The summed E-state index contributed by atoms with van der Waals surface area (Å²) in [5.74, 6) is 1.07. The number of imidazole rings is 1. The molecule has 0 bridgehead atoms. The largest absolute Gasteiger partial charge is 0.337 e. The molecule has 1 aliphatic rings. The maximum Gasteiger partial charge on any atom is 0.257 e. The van der Waals surface area contributed by atoms with Crippen molar-refractivity contribution >= 4 is 5.91 Å². The predicted octanol–water partition coefficient (Wildman–Crippen LogP) is 1.55. The second-order valence-corrected chi connectivity index (χ2v) is 6.28. The number of hydrogen-bond donors (Lipinski definition) is 0. The van der Waals surface area contributed by atoms with Crippen molar-refractivity contribution in [3.63, 3.8) is 0 Å². The Morgan fingerprint density at radius 1 is 1.33 bits per heavy atom. The molecule has 1 saturated heterocycles. The molecule has 0 radical (unpaired) electrons. The molecule has 0 aliphatic carbocycles. The van der Waals surface area contributed by atoms with Gasteiger partial charge in [0.1, 0.15) is 5.82 Å². The summed E-state index contributed by atoms with van der Waals surface area (Å²) in [6.45, 7) is 8.32. The number of likely N-dealkylation sites (N-methyl/N-ethyl adjacent to an activating group) is 1. The summed E-state index contributed by atoms with van der Waals surface area (Å²) < 4.78 is 3.88. The molecule has 1 aliphatic heterocycles. The number of aryl methyl sites for hydroxylation is 2. The fourth-order valence-corrected chi connectivity index (χ4v) is 3.33. The minimum atomic E-state index is 0.0623. The molecule has 0 saturated carbocycles. The molecule has 1 fully saturated rings. The predicted molar refractivity (Wildman–Crippen MR) is 91.6 cm³/mol. The summed E-state index contributed by atoms with van der Waals surface area (Å²) in [5, 5.41) is 4.28. The smallest absolute Gasteiger partial charge is 0.257 e. The van der Waals surface area contributed by atoms with Crippen molar-refractivity contribution in [2.45, 2.75) is 32.9 Å². The van der Waals surface area contributed by atoms with Crippen molar-refractivity contribution in [2.24, 2.45) is 7.05 Å². The van der Waals surface area contributed by atoms with Gasteiger partial charge in [0.25, 0.3) is 5.91 Å². The van der Waals surface area contributed by atoms with Gasteiger partial charge >= 0.3 is 0 Å². The first-order valence-corrected chi connectivity index (χ1v) is 8.67. The third kappa shape index (κ3) is 3.21. The minimum absolute atomic E-state index is 0.0623. The molecule has 3 rings (SSSR count). The van der Waals surface area contributed by atoms with Crippen LogP contribution in [0.25, 0.3) is 0 Å². The first kappa shape index (κ1) is 16.7. The Labute approximate surface area is 142 Å². The zero-order chi connectivity index (χ0) is 17.1. The van der Waals surface area contributed by atoms with Crippen LogP contribution >= 0.6 is 0 Å². The lowest BCUT2D eigenvalue weighted by atomic mass is 10.1. The summed E-state index contributed by atoms with van der Waals surface area (Å²) in [6.07, 6.45) is 8.32. The second-order valence-electron chi connectivity index (χ2n) is 6.28. The number of carbonyl (C=O) groups excluding carboxylic acids is 1. The number of amides is 1. The number of piperazine rings is 1. The maximum absolute atomic E-state index is 12.8. The Kier molecular flexibility index (Phi) is 4.99. The average molecular weight is 330 g/mol. The highest BCUT2D eigenvalue weighted by atomic mass is 16.2. The molecule has 2 aromatic heterocycles. The molecule has 3 heterocycles. The third-order valence-electron chi connectivity index (χ3n) is 4.67. The van der Waals surface area contributed by atoms with Gasteiger partial charge in [-0.05, 0) is 13.0 Å². The fourth-order valence-electron chi connectivity index (χ4n) is 3.33. The van der Waals surface area contributed by atoms with Gasteiger partial charge in [0.15, 0.2) is 0 Å². The highest BCUT2D eigenvalue weighted by Gasteiger charge is 2.32.